The lowest BCUT2D eigenvalue weighted by Crippen LogP contribution is -2.41. The first-order valence-corrected chi connectivity index (χ1v) is 5.02. The van der Waals surface area contributed by atoms with Crippen LogP contribution in [0.1, 0.15) is 33.6 Å². The Labute approximate surface area is 85.2 Å². The highest BCUT2D eigenvalue weighted by molar-refractivity contribution is 6.32. The van der Waals surface area contributed by atoms with E-state index in [1.165, 1.54) is 4.90 Å². The lowest BCUT2D eigenvalue weighted by molar-refractivity contribution is -0.160. The van der Waals surface area contributed by atoms with Crippen molar-refractivity contribution in [3.05, 3.63) is 0 Å². The van der Waals surface area contributed by atoms with Gasteiger partial charge < -0.3 is 9.64 Å². The SMILES string of the molecule is CCOC(=O)C(=O)N(C)C(CC)CC. The molecule has 0 aromatic heterocycles. The largest absolute Gasteiger partial charge is 0.459 e. The van der Waals surface area contributed by atoms with Gasteiger partial charge in [-0.1, -0.05) is 13.8 Å². The zero-order valence-electron chi connectivity index (χ0n) is 9.37. The van der Waals surface area contributed by atoms with Gasteiger partial charge in [-0.25, -0.2) is 4.79 Å². The molecule has 0 aliphatic heterocycles. The summed E-state index contributed by atoms with van der Waals surface area (Å²) < 4.78 is 4.63. The number of carbonyl (C=O) groups excluding carboxylic acids is 2. The van der Waals surface area contributed by atoms with Gasteiger partial charge in [0, 0.05) is 13.1 Å². The van der Waals surface area contributed by atoms with Gasteiger partial charge >= 0.3 is 11.9 Å². The zero-order chi connectivity index (χ0) is 11.1. The van der Waals surface area contributed by atoms with Crippen LogP contribution >= 0.6 is 0 Å². The Kier molecular flexibility index (Phi) is 5.92. The van der Waals surface area contributed by atoms with Crippen LogP contribution in [0, 0.1) is 0 Å². The maximum absolute atomic E-state index is 11.4. The summed E-state index contributed by atoms with van der Waals surface area (Å²) in [5.74, 6) is -1.32. The molecule has 0 aliphatic rings. The van der Waals surface area contributed by atoms with Gasteiger partial charge in [0.15, 0.2) is 0 Å². The molecule has 0 saturated carbocycles. The third kappa shape index (κ3) is 3.36. The molecular weight excluding hydrogens is 182 g/mol. The minimum atomic E-state index is -0.762. The van der Waals surface area contributed by atoms with Crippen molar-refractivity contribution < 1.29 is 14.3 Å². The van der Waals surface area contributed by atoms with Crippen molar-refractivity contribution in [2.75, 3.05) is 13.7 Å². The molecule has 0 aliphatic carbocycles. The molecule has 0 aromatic carbocycles. The molecule has 4 nitrogen and oxygen atoms in total. The Hall–Kier alpha value is -1.06. The van der Waals surface area contributed by atoms with Crippen molar-refractivity contribution in [2.45, 2.75) is 39.7 Å². The van der Waals surface area contributed by atoms with Crippen LogP contribution in [0.2, 0.25) is 0 Å². The third-order valence-electron chi connectivity index (χ3n) is 2.26. The van der Waals surface area contributed by atoms with E-state index in [9.17, 15) is 9.59 Å². The van der Waals surface area contributed by atoms with Gasteiger partial charge in [0.05, 0.1) is 6.61 Å². The topological polar surface area (TPSA) is 46.6 Å². The molecule has 0 heterocycles. The minimum Gasteiger partial charge on any atom is -0.459 e. The number of amides is 1. The number of rotatable bonds is 4. The van der Waals surface area contributed by atoms with Crippen molar-refractivity contribution in [1.82, 2.24) is 4.90 Å². The molecule has 0 atom stereocenters. The first kappa shape index (κ1) is 12.9. The third-order valence-corrected chi connectivity index (χ3v) is 2.26. The van der Waals surface area contributed by atoms with Gasteiger partial charge in [0.1, 0.15) is 0 Å². The van der Waals surface area contributed by atoms with Gasteiger partial charge in [0.2, 0.25) is 0 Å². The number of nitrogens with zero attached hydrogens (tertiary/aromatic N) is 1. The highest BCUT2D eigenvalue weighted by Crippen LogP contribution is 2.06. The normalized spacial score (nSPS) is 10.1. The summed E-state index contributed by atoms with van der Waals surface area (Å²) in [5.41, 5.74) is 0. The van der Waals surface area contributed by atoms with Crippen LogP contribution in [0.5, 0.6) is 0 Å². The van der Waals surface area contributed by atoms with Crippen LogP contribution in [-0.2, 0) is 14.3 Å². The summed E-state index contributed by atoms with van der Waals surface area (Å²) in [6.07, 6.45) is 1.69. The van der Waals surface area contributed by atoms with E-state index in [-0.39, 0.29) is 12.6 Å². The average molecular weight is 201 g/mol. The second-order valence-corrected chi connectivity index (χ2v) is 3.11. The molecule has 82 valence electrons. The number of hydrogen-bond acceptors (Lipinski definition) is 3. The molecule has 0 spiro atoms. The standard InChI is InChI=1S/C10H19NO3/c1-5-8(6-2)11(4)9(12)10(13)14-7-3/h8H,5-7H2,1-4H3. The number of carbonyl (C=O) groups is 2. The number of esters is 1. The van der Waals surface area contributed by atoms with E-state index >= 15 is 0 Å². The van der Waals surface area contributed by atoms with Crippen LogP contribution in [0.15, 0.2) is 0 Å². The Morgan fingerprint density at radius 2 is 1.71 bits per heavy atom. The van der Waals surface area contributed by atoms with Crippen LogP contribution in [0.25, 0.3) is 0 Å². The van der Waals surface area contributed by atoms with Crippen molar-refractivity contribution in [2.24, 2.45) is 0 Å². The first-order chi connectivity index (χ1) is 6.58. The highest BCUT2D eigenvalue weighted by Gasteiger charge is 2.24. The molecule has 14 heavy (non-hydrogen) atoms. The highest BCUT2D eigenvalue weighted by atomic mass is 16.5. The lowest BCUT2D eigenvalue weighted by atomic mass is 10.1. The van der Waals surface area contributed by atoms with Gasteiger partial charge in [-0.15, -0.1) is 0 Å². The van der Waals surface area contributed by atoms with Crippen molar-refractivity contribution >= 4 is 11.9 Å². The molecule has 0 unspecified atom stereocenters. The Balaban J connectivity index is 4.29. The van der Waals surface area contributed by atoms with E-state index in [1.54, 1.807) is 14.0 Å². The number of hydrogen-bond donors (Lipinski definition) is 0. The Morgan fingerprint density at radius 1 is 1.21 bits per heavy atom. The number of likely N-dealkylation sites (N-methyl/N-ethyl adjacent to an activating group) is 1. The van der Waals surface area contributed by atoms with Crippen LogP contribution in [-0.4, -0.2) is 36.5 Å². The van der Waals surface area contributed by atoms with Gasteiger partial charge in [0.25, 0.3) is 0 Å². The van der Waals surface area contributed by atoms with E-state index in [0.717, 1.165) is 12.8 Å². The predicted octanol–water partition coefficient (Wildman–Crippen LogP) is 1.20. The molecule has 0 fully saturated rings. The van der Waals surface area contributed by atoms with E-state index in [4.69, 9.17) is 0 Å². The first-order valence-electron chi connectivity index (χ1n) is 5.02. The van der Waals surface area contributed by atoms with Gasteiger partial charge in [-0.3, -0.25) is 4.79 Å². The van der Waals surface area contributed by atoms with E-state index in [2.05, 4.69) is 4.74 Å². The molecule has 1 amide bonds. The van der Waals surface area contributed by atoms with E-state index in [1.807, 2.05) is 13.8 Å². The minimum absolute atomic E-state index is 0.118. The fourth-order valence-corrected chi connectivity index (χ4v) is 1.34. The quantitative estimate of drug-likeness (QED) is 0.507. The monoisotopic (exact) mass is 201 g/mol. The summed E-state index contributed by atoms with van der Waals surface area (Å²) in [4.78, 5) is 24.0. The maximum atomic E-state index is 11.4. The second kappa shape index (κ2) is 6.40. The molecule has 4 heteroatoms. The van der Waals surface area contributed by atoms with Gasteiger partial charge in [-0.2, -0.15) is 0 Å². The van der Waals surface area contributed by atoms with Gasteiger partial charge in [-0.05, 0) is 19.8 Å². The summed E-state index contributed by atoms with van der Waals surface area (Å²) in [6, 6.07) is 0.118. The lowest BCUT2D eigenvalue weighted by Gasteiger charge is -2.24. The smallest absolute Gasteiger partial charge is 0.397 e. The fourth-order valence-electron chi connectivity index (χ4n) is 1.34. The molecule has 0 bridgehead atoms. The Bertz CT molecular complexity index is 200. The van der Waals surface area contributed by atoms with E-state index < -0.39 is 11.9 Å². The van der Waals surface area contributed by atoms with Crippen LogP contribution in [0.3, 0.4) is 0 Å². The molecule has 0 aromatic rings. The zero-order valence-corrected chi connectivity index (χ0v) is 9.37. The molecule has 0 saturated heterocycles. The fraction of sp³-hybridized carbons (Fsp3) is 0.800. The maximum Gasteiger partial charge on any atom is 0.397 e. The summed E-state index contributed by atoms with van der Waals surface area (Å²) >= 11 is 0. The van der Waals surface area contributed by atoms with E-state index in [0.29, 0.717) is 0 Å². The predicted molar refractivity (Wildman–Crippen MR) is 53.8 cm³/mol. The second-order valence-electron chi connectivity index (χ2n) is 3.11. The summed E-state index contributed by atoms with van der Waals surface area (Å²) in [6.45, 7) is 5.90. The van der Waals surface area contributed by atoms with Crippen LogP contribution in [0.4, 0.5) is 0 Å². The Morgan fingerprint density at radius 3 is 2.07 bits per heavy atom. The molecule has 0 rings (SSSR count). The van der Waals surface area contributed by atoms with Crippen LogP contribution < -0.4 is 0 Å². The molecule has 0 radical (unpaired) electrons. The van der Waals surface area contributed by atoms with Crippen molar-refractivity contribution in [3.63, 3.8) is 0 Å². The molecular formula is C10H19NO3. The average Bonchev–Trinajstić information content (AvgIpc) is 2.18. The summed E-state index contributed by atoms with van der Waals surface area (Å²) in [7, 11) is 1.64. The van der Waals surface area contributed by atoms with Crippen molar-refractivity contribution in [3.8, 4) is 0 Å². The molecule has 0 N–H and O–H groups in total. The number of ether oxygens (including phenoxy) is 1. The summed E-state index contributed by atoms with van der Waals surface area (Å²) in [5, 5.41) is 0. The van der Waals surface area contributed by atoms with Crippen molar-refractivity contribution in [1.29, 1.82) is 0 Å².